The largest absolute Gasteiger partial charge is 0.362 e. The Morgan fingerprint density at radius 1 is 1.23 bits per heavy atom. The van der Waals surface area contributed by atoms with E-state index in [2.05, 4.69) is 20.5 Å². The third-order valence-corrected chi connectivity index (χ3v) is 5.40. The fraction of sp³-hybridized carbons (Fsp3) is 0.176. The highest BCUT2D eigenvalue weighted by Gasteiger charge is 2.16. The van der Waals surface area contributed by atoms with Crippen molar-refractivity contribution in [2.24, 2.45) is 0 Å². The molecule has 9 heteroatoms. The summed E-state index contributed by atoms with van der Waals surface area (Å²) >= 11 is 2.77. The normalized spacial score (nSPS) is 10.6. The zero-order valence-corrected chi connectivity index (χ0v) is 15.8. The molecule has 3 rings (SSSR count). The van der Waals surface area contributed by atoms with Crippen molar-refractivity contribution in [2.45, 2.75) is 10.1 Å². The van der Waals surface area contributed by atoms with Crippen molar-refractivity contribution in [3.05, 3.63) is 59.5 Å². The molecule has 1 aromatic carbocycles. The molecule has 1 amide bonds. The molecular formula is C17H16FN5OS2. The Morgan fingerprint density at radius 2 is 2.00 bits per heavy atom. The zero-order chi connectivity index (χ0) is 18.5. The fourth-order valence-electron chi connectivity index (χ4n) is 2.14. The van der Waals surface area contributed by atoms with Gasteiger partial charge in [0.25, 0.3) is 5.91 Å². The highest BCUT2D eigenvalue weighted by Crippen LogP contribution is 2.29. The van der Waals surface area contributed by atoms with Crippen LogP contribution in [0.15, 0.2) is 46.9 Å². The lowest BCUT2D eigenvalue weighted by atomic mass is 10.2. The molecule has 0 fully saturated rings. The Morgan fingerprint density at radius 3 is 2.73 bits per heavy atom. The molecule has 3 aromatic rings. The number of benzene rings is 1. The van der Waals surface area contributed by atoms with Crippen LogP contribution in [0.4, 0.5) is 15.3 Å². The number of carbonyl (C=O) groups excluding carboxylic acids is 1. The number of thioether (sulfide) groups is 1. The first-order chi connectivity index (χ1) is 12.5. The summed E-state index contributed by atoms with van der Waals surface area (Å²) in [6, 6.07) is 9.75. The minimum atomic E-state index is -0.284. The molecule has 2 heterocycles. The molecule has 0 aliphatic heterocycles. The number of hydrogen-bond acceptors (Lipinski definition) is 7. The van der Waals surface area contributed by atoms with Crippen molar-refractivity contribution in [3.63, 3.8) is 0 Å². The number of hydrogen-bond donors (Lipinski definition) is 1. The van der Waals surface area contributed by atoms with Crippen molar-refractivity contribution < 1.29 is 9.18 Å². The lowest BCUT2D eigenvalue weighted by Crippen LogP contribution is -2.19. The van der Waals surface area contributed by atoms with Gasteiger partial charge in [0.05, 0.1) is 5.56 Å². The summed E-state index contributed by atoms with van der Waals surface area (Å²) in [6.45, 7) is 0. The van der Waals surface area contributed by atoms with Gasteiger partial charge in [0.15, 0.2) is 4.34 Å². The number of anilines is 2. The molecule has 0 aliphatic carbocycles. The Labute approximate surface area is 158 Å². The quantitative estimate of drug-likeness (QED) is 0.512. The smallest absolute Gasteiger partial charge is 0.261 e. The van der Waals surface area contributed by atoms with Crippen molar-refractivity contribution in [1.82, 2.24) is 15.2 Å². The first-order valence-electron chi connectivity index (χ1n) is 7.67. The molecule has 0 saturated carbocycles. The average Bonchev–Trinajstić information content (AvgIpc) is 3.08. The monoisotopic (exact) mass is 389 g/mol. The van der Waals surface area contributed by atoms with Gasteiger partial charge in [-0.1, -0.05) is 35.2 Å². The maximum atomic E-state index is 12.9. The molecule has 0 atom stereocenters. The summed E-state index contributed by atoms with van der Waals surface area (Å²) in [5, 5.41) is 11.3. The highest BCUT2D eigenvalue weighted by molar-refractivity contribution is 8.00. The predicted octanol–water partition coefficient (Wildman–Crippen LogP) is 3.68. The van der Waals surface area contributed by atoms with Gasteiger partial charge < -0.3 is 4.90 Å². The van der Waals surface area contributed by atoms with E-state index in [0.29, 0.717) is 22.3 Å². The van der Waals surface area contributed by atoms with Crippen molar-refractivity contribution in [2.75, 3.05) is 24.3 Å². The van der Waals surface area contributed by atoms with Gasteiger partial charge in [0, 0.05) is 26.0 Å². The summed E-state index contributed by atoms with van der Waals surface area (Å²) in [4.78, 5) is 18.5. The molecule has 26 heavy (non-hydrogen) atoms. The number of halogens is 1. The summed E-state index contributed by atoms with van der Waals surface area (Å²) in [6.07, 6.45) is 1.64. The van der Waals surface area contributed by atoms with Gasteiger partial charge in [-0.15, -0.1) is 10.2 Å². The van der Waals surface area contributed by atoms with Crippen LogP contribution in [-0.4, -0.2) is 35.2 Å². The van der Waals surface area contributed by atoms with Crippen molar-refractivity contribution in [3.8, 4) is 0 Å². The minimum Gasteiger partial charge on any atom is -0.362 e. The van der Waals surface area contributed by atoms with E-state index in [9.17, 15) is 9.18 Å². The predicted molar refractivity (Wildman–Crippen MR) is 102 cm³/mol. The summed E-state index contributed by atoms with van der Waals surface area (Å²) in [7, 11) is 3.66. The number of nitrogens with one attached hydrogen (secondary N) is 1. The topological polar surface area (TPSA) is 71.0 Å². The molecule has 0 unspecified atom stereocenters. The second-order valence-electron chi connectivity index (χ2n) is 5.51. The van der Waals surface area contributed by atoms with E-state index in [-0.39, 0.29) is 11.7 Å². The number of aromatic nitrogens is 3. The van der Waals surface area contributed by atoms with E-state index in [1.165, 1.54) is 35.2 Å². The van der Waals surface area contributed by atoms with E-state index >= 15 is 0 Å². The minimum absolute atomic E-state index is 0.257. The van der Waals surface area contributed by atoms with Crippen LogP contribution in [0.5, 0.6) is 0 Å². The van der Waals surface area contributed by atoms with E-state index in [1.807, 2.05) is 14.1 Å². The summed E-state index contributed by atoms with van der Waals surface area (Å²) in [5.74, 6) is 0.691. The van der Waals surface area contributed by atoms with E-state index < -0.39 is 0 Å². The van der Waals surface area contributed by atoms with Crippen LogP contribution in [0.3, 0.4) is 0 Å². The number of amides is 1. The Balaban J connectivity index is 1.63. The van der Waals surface area contributed by atoms with Crippen LogP contribution in [0.1, 0.15) is 15.9 Å². The van der Waals surface area contributed by atoms with Gasteiger partial charge in [-0.3, -0.25) is 10.1 Å². The van der Waals surface area contributed by atoms with E-state index in [4.69, 9.17) is 0 Å². The first kappa shape index (κ1) is 18.3. The summed E-state index contributed by atoms with van der Waals surface area (Å²) < 4.78 is 13.6. The zero-order valence-electron chi connectivity index (χ0n) is 14.1. The van der Waals surface area contributed by atoms with E-state index in [0.717, 1.165) is 9.90 Å². The van der Waals surface area contributed by atoms with Gasteiger partial charge in [0.1, 0.15) is 11.6 Å². The number of rotatable bonds is 6. The number of carbonyl (C=O) groups is 1. The molecule has 0 saturated heterocycles. The van der Waals surface area contributed by atoms with Crippen LogP contribution in [0, 0.1) is 5.82 Å². The van der Waals surface area contributed by atoms with Crippen LogP contribution in [0.25, 0.3) is 0 Å². The average molecular weight is 389 g/mol. The Kier molecular flexibility index (Phi) is 5.79. The van der Waals surface area contributed by atoms with Crippen LogP contribution >= 0.6 is 23.1 Å². The van der Waals surface area contributed by atoms with Crippen molar-refractivity contribution in [1.29, 1.82) is 0 Å². The summed E-state index contributed by atoms with van der Waals surface area (Å²) in [5.41, 5.74) is 1.45. The molecule has 134 valence electrons. The van der Waals surface area contributed by atoms with Gasteiger partial charge in [-0.05, 0) is 29.8 Å². The van der Waals surface area contributed by atoms with Gasteiger partial charge in [-0.25, -0.2) is 9.37 Å². The third kappa shape index (κ3) is 4.55. The first-order valence-corrected chi connectivity index (χ1v) is 9.47. The molecule has 1 N–H and O–H groups in total. The molecule has 0 radical (unpaired) electrons. The molecule has 0 spiro atoms. The maximum absolute atomic E-state index is 12.9. The Bertz CT molecular complexity index is 898. The van der Waals surface area contributed by atoms with Crippen LogP contribution in [0.2, 0.25) is 0 Å². The standard InChI is InChI=1S/C17H16FN5OS2/c1-23(2)14-13(4-3-9-19-14)15(24)20-16-21-22-17(26-16)25-10-11-5-7-12(18)8-6-11/h3-9H,10H2,1-2H3,(H,20,21,24). The third-order valence-electron chi connectivity index (χ3n) is 3.36. The molecule has 2 aromatic heterocycles. The Hall–Kier alpha value is -2.52. The number of pyridine rings is 1. The molecular weight excluding hydrogens is 373 g/mol. The van der Waals surface area contributed by atoms with E-state index in [1.54, 1.807) is 35.4 Å². The fourth-order valence-corrected chi connectivity index (χ4v) is 3.84. The molecule has 6 nitrogen and oxygen atoms in total. The highest BCUT2D eigenvalue weighted by atomic mass is 32.2. The molecule has 0 bridgehead atoms. The lowest BCUT2D eigenvalue weighted by Gasteiger charge is -2.14. The van der Waals surface area contributed by atoms with Crippen molar-refractivity contribution >= 4 is 40.0 Å². The SMILES string of the molecule is CN(C)c1ncccc1C(=O)Nc1nnc(SCc2ccc(F)cc2)s1. The maximum Gasteiger partial charge on any atom is 0.261 e. The van der Waals surface area contributed by atoms with Crippen LogP contribution in [-0.2, 0) is 5.75 Å². The number of nitrogens with zero attached hydrogens (tertiary/aromatic N) is 4. The van der Waals surface area contributed by atoms with Crippen LogP contribution < -0.4 is 10.2 Å². The second kappa shape index (κ2) is 8.24. The lowest BCUT2D eigenvalue weighted by molar-refractivity contribution is 0.102. The second-order valence-corrected chi connectivity index (χ2v) is 7.71. The van der Waals surface area contributed by atoms with Gasteiger partial charge in [0.2, 0.25) is 5.13 Å². The molecule has 0 aliphatic rings. The van der Waals surface area contributed by atoms with Gasteiger partial charge >= 0.3 is 0 Å². The van der Waals surface area contributed by atoms with Gasteiger partial charge in [-0.2, -0.15) is 0 Å².